The molecule has 1 saturated heterocycles. The monoisotopic (exact) mass is 663 g/mol. The van der Waals surface area contributed by atoms with Gasteiger partial charge in [0.15, 0.2) is 6.17 Å². The number of rotatable bonds is 9. The molecule has 5 amide bonds. The number of benzene rings is 2. The summed E-state index contributed by atoms with van der Waals surface area (Å²) in [5.74, 6) is -1.04. The minimum absolute atomic E-state index is 0.0642. The summed E-state index contributed by atoms with van der Waals surface area (Å²) in [5.41, 5.74) is -0.0185. The Balaban J connectivity index is 1.51. The zero-order valence-electron chi connectivity index (χ0n) is 23.9. The summed E-state index contributed by atoms with van der Waals surface area (Å²) in [4.78, 5) is 51.7. The van der Waals surface area contributed by atoms with Gasteiger partial charge in [0.2, 0.25) is 0 Å². The third-order valence-corrected chi connectivity index (χ3v) is 6.97. The number of amides is 5. The maximum atomic E-state index is 13.7. The van der Waals surface area contributed by atoms with Crippen molar-refractivity contribution in [3.05, 3.63) is 93.2 Å². The van der Waals surface area contributed by atoms with E-state index in [1.54, 1.807) is 0 Å². The molecule has 0 saturated carbocycles. The Kier molecular flexibility index (Phi) is 9.67. The van der Waals surface area contributed by atoms with Crippen LogP contribution >= 0.6 is 11.6 Å². The van der Waals surface area contributed by atoms with E-state index in [1.807, 2.05) is 0 Å². The predicted octanol–water partition coefficient (Wildman–Crippen LogP) is 5.95. The van der Waals surface area contributed by atoms with Crippen LogP contribution in [0.5, 0.6) is 0 Å². The van der Waals surface area contributed by atoms with Crippen LogP contribution in [0.1, 0.15) is 25.2 Å². The Hall–Kier alpha value is -5.42. The maximum Gasteiger partial charge on any atom is 0.433 e. The van der Waals surface area contributed by atoms with E-state index in [4.69, 9.17) is 16.0 Å². The van der Waals surface area contributed by atoms with Crippen molar-refractivity contribution in [1.82, 2.24) is 15.4 Å². The van der Waals surface area contributed by atoms with Gasteiger partial charge in [-0.1, -0.05) is 11.6 Å². The van der Waals surface area contributed by atoms with E-state index < -0.39 is 58.8 Å². The quantitative estimate of drug-likeness (QED) is 0.110. The van der Waals surface area contributed by atoms with Crippen LogP contribution in [0.2, 0.25) is 5.02 Å². The standard InChI is InChI=1S/C28H25ClF3N7O7/c1-27(2)24(38(43)25(41)34-19-9-5-17(6-10-19)28(30,31)32)37(20-11-7-18(29)8-12-20)26(42)36(27)16-22(40)35-33-15-3-4-21-13-14-23(46-21)39(44)45/h3-15,24,43H,16H2,1-2H3,(H,34,41)(H,35,40). The second-order valence-electron chi connectivity index (χ2n) is 10.2. The summed E-state index contributed by atoms with van der Waals surface area (Å²) < 4.78 is 43.8. The molecule has 18 heteroatoms. The van der Waals surface area contributed by atoms with Gasteiger partial charge in [-0.3, -0.25) is 25.0 Å². The van der Waals surface area contributed by atoms with Crippen LogP contribution in [0.15, 0.2) is 76.3 Å². The lowest BCUT2D eigenvalue weighted by Crippen LogP contribution is -2.58. The molecule has 1 fully saturated rings. The third-order valence-electron chi connectivity index (χ3n) is 6.72. The van der Waals surface area contributed by atoms with E-state index in [0.717, 1.165) is 40.3 Å². The number of anilines is 2. The van der Waals surface area contributed by atoms with Crippen molar-refractivity contribution >= 4 is 59.1 Å². The number of nitrogens with one attached hydrogen (secondary N) is 2. The minimum Gasteiger partial charge on any atom is -0.401 e. The van der Waals surface area contributed by atoms with Gasteiger partial charge >= 0.3 is 24.1 Å². The molecule has 1 atom stereocenters. The molecule has 1 aliphatic heterocycles. The fraction of sp³-hybridized carbons (Fsp3) is 0.214. The molecular formula is C28H25ClF3N7O7. The van der Waals surface area contributed by atoms with E-state index in [1.165, 1.54) is 62.4 Å². The highest BCUT2D eigenvalue weighted by atomic mass is 35.5. The van der Waals surface area contributed by atoms with Gasteiger partial charge in [0, 0.05) is 22.6 Å². The summed E-state index contributed by atoms with van der Waals surface area (Å²) in [6.07, 6.45) is -2.19. The first-order valence-corrected chi connectivity index (χ1v) is 13.5. The Labute approximate surface area is 263 Å². The largest absolute Gasteiger partial charge is 0.433 e. The molecule has 1 unspecified atom stereocenters. The highest BCUT2D eigenvalue weighted by molar-refractivity contribution is 6.30. The van der Waals surface area contributed by atoms with Crippen molar-refractivity contribution in [2.75, 3.05) is 16.8 Å². The average Bonchev–Trinajstić information content (AvgIpc) is 3.54. The van der Waals surface area contributed by atoms with Crippen LogP contribution in [-0.4, -0.2) is 62.5 Å². The zero-order valence-corrected chi connectivity index (χ0v) is 24.7. The number of allylic oxidation sites excluding steroid dienone is 1. The molecular weight excluding hydrogens is 639 g/mol. The summed E-state index contributed by atoms with van der Waals surface area (Å²) in [6, 6.07) is 9.93. The number of carbonyl (C=O) groups excluding carboxylic acids is 3. The van der Waals surface area contributed by atoms with Gasteiger partial charge in [-0.15, -0.1) is 0 Å². The van der Waals surface area contributed by atoms with Crippen LogP contribution in [0, 0.1) is 10.1 Å². The molecule has 0 radical (unpaired) electrons. The lowest BCUT2D eigenvalue weighted by molar-refractivity contribution is -0.402. The van der Waals surface area contributed by atoms with Crippen LogP contribution in [0.4, 0.5) is 40.0 Å². The molecule has 0 bridgehead atoms. The number of urea groups is 2. The molecule has 0 spiro atoms. The minimum atomic E-state index is -4.60. The molecule has 2 aromatic carbocycles. The predicted molar refractivity (Wildman–Crippen MR) is 159 cm³/mol. The van der Waals surface area contributed by atoms with Gasteiger partial charge in [-0.25, -0.2) is 15.0 Å². The summed E-state index contributed by atoms with van der Waals surface area (Å²) in [5, 5.41) is 28.4. The Morgan fingerprint density at radius 3 is 2.39 bits per heavy atom. The first-order valence-electron chi connectivity index (χ1n) is 13.1. The Morgan fingerprint density at radius 2 is 1.80 bits per heavy atom. The first kappa shape index (κ1) is 33.5. The maximum absolute atomic E-state index is 13.7. The summed E-state index contributed by atoms with van der Waals surface area (Å²) in [6.45, 7) is 2.40. The van der Waals surface area contributed by atoms with Crippen molar-refractivity contribution in [2.45, 2.75) is 31.7 Å². The smallest absolute Gasteiger partial charge is 0.401 e. The average molecular weight is 664 g/mol. The lowest BCUT2D eigenvalue weighted by Gasteiger charge is -2.38. The molecule has 3 N–H and O–H groups in total. The molecule has 3 aromatic rings. The number of hydroxylamine groups is 2. The number of halogens is 4. The topological polar surface area (TPSA) is 174 Å². The van der Waals surface area contributed by atoms with Crippen molar-refractivity contribution < 1.29 is 42.1 Å². The molecule has 46 heavy (non-hydrogen) atoms. The first-order chi connectivity index (χ1) is 21.6. The molecule has 14 nitrogen and oxygen atoms in total. The van der Waals surface area contributed by atoms with Crippen LogP contribution in [-0.2, 0) is 11.0 Å². The summed E-state index contributed by atoms with van der Waals surface area (Å²) >= 11 is 6.00. The molecule has 1 aliphatic rings. The van der Waals surface area contributed by atoms with Crippen LogP contribution < -0.4 is 15.6 Å². The highest BCUT2D eigenvalue weighted by Gasteiger charge is 2.56. The Bertz CT molecular complexity index is 1680. The molecule has 4 rings (SSSR count). The van der Waals surface area contributed by atoms with Gasteiger partial charge in [0.1, 0.15) is 17.2 Å². The van der Waals surface area contributed by atoms with E-state index in [9.17, 15) is 42.9 Å². The number of hydrogen-bond donors (Lipinski definition) is 3. The second kappa shape index (κ2) is 13.3. The highest BCUT2D eigenvalue weighted by Crippen LogP contribution is 2.38. The number of furan rings is 1. The second-order valence-corrected chi connectivity index (χ2v) is 10.6. The van der Waals surface area contributed by atoms with Crippen molar-refractivity contribution in [1.29, 1.82) is 0 Å². The number of hydrogen-bond acceptors (Lipinski definition) is 8. The molecule has 242 valence electrons. The van der Waals surface area contributed by atoms with E-state index in [-0.39, 0.29) is 22.2 Å². The lowest BCUT2D eigenvalue weighted by atomic mass is 9.99. The van der Waals surface area contributed by atoms with Gasteiger partial charge < -0.3 is 14.6 Å². The SMILES string of the molecule is CC1(C)C(N(O)C(=O)Nc2ccc(C(F)(F)F)cc2)N(c2ccc(Cl)cc2)C(=O)N1CC(=O)NN=CC=Cc1ccc([N+](=O)[O-])o1. The van der Waals surface area contributed by atoms with Crippen LogP contribution in [0.25, 0.3) is 6.08 Å². The van der Waals surface area contributed by atoms with Gasteiger partial charge in [0.25, 0.3) is 5.91 Å². The normalized spacial score (nSPS) is 16.3. The van der Waals surface area contributed by atoms with Crippen molar-refractivity contribution in [2.24, 2.45) is 5.10 Å². The molecule has 2 heterocycles. The van der Waals surface area contributed by atoms with Gasteiger partial charge in [-0.05, 0) is 80.6 Å². The van der Waals surface area contributed by atoms with E-state index in [2.05, 4.69) is 15.8 Å². The number of carbonyl (C=O) groups is 3. The molecule has 1 aromatic heterocycles. The van der Waals surface area contributed by atoms with Gasteiger partial charge in [-0.2, -0.15) is 23.3 Å². The van der Waals surface area contributed by atoms with Crippen molar-refractivity contribution in [3.8, 4) is 0 Å². The van der Waals surface area contributed by atoms with E-state index >= 15 is 0 Å². The third kappa shape index (κ3) is 7.44. The molecule has 0 aliphatic carbocycles. The number of alkyl halides is 3. The number of nitrogens with zero attached hydrogens (tertiary/aromatic N) is 5. The number of hydrazone groups is 1. The fourth-order valence-corrected chi connectivity index (χ4v) is 4.63. The zero-order chi connectivity index (χ0) is 33.8. The fourth-order valence-electron chi connectivity index (χ4n) is 4.50. The van der Waals surface area contributed by atoms with Gasteiger partial charge in [0.05, 0.1) is 17.2 Å². The van der Waals surface area contributed by atoms with Crippen molar-refractivity contribution in [3.63, 3.8) is 0 Å². The Morgan fingerprint density at radius 1 is 1.15 bits per heavy atom. The van der Waals surface area contributed by atoms with E-state index in [0.29, 0.717) is 5.02 Å². The summed E-state index contributed by atoms with van der Waals surface area (Å²) in [7, 11) is 0. The number of nitro groups is 1. The van der Waals surface area contributed by atoms with Crippen LogP contribution in [0.3, 0.4) is 0 Å².